The topological polar surface area (TPSA) is 55.4 Å². The minimum Gasteiger partial charge on any atom is -0.380 e. The predicted molar refractivity (Wildman–Crippen MR) is 77.3 cm³/mol. The van der Waals surface area contributed by atoms with E-state index in [2.05, 4.69) is 4.72 Å². The zero-order valence-corrected chi connectivity index (χ0v) is 12.9. The standard InChI is InChI=1S/C14H22FNO3S/c1-11(2)8-19-9-12(3)16-20(17,18)10-13-5-4-6-14(15)7-13/h4-7,11-12,16H,8-10H2,1-3H3/t12-/m1/s1. The van der Waals surface area contributed by atoms with Gasteiger partial charge in [-0.15, -0.1) is 0 Å². The van der Waals surface area contributed by atoms with E-state index in [9.17, 15) is 12.8 Å². The molecule has 4 nitrogen and oxygen atoms in total. The summed E-state index contributed by atoms with van der Waals surface area (Å²) in [5, 5.41) is 0. The molecule has 0 fully saturated rings. The molecule has 1 rings (SSSR count). The first-order chi connectivity index (χ1) is 9.28. The van der Waals surface area contributed by atoms with Crippen LogP contribution >= 0.6 is 0 Å². The average molecular weight is 303 g/mol. The van der Waals surface area contributed by atoms with Crippen LogP contribution in [0.1, 0.15) is 26.3 Å². The number of hydrogen-bond acceptors (Lipinski definition) is 3. The van der Waals surface area contributed by atoms with Crippen molar-refractivity contribution in [3.63, 3.8) is 0 Å². The van der Waals surface area contributed by atoms with E-state index in [0.717, 1.165) is 0 Å². The Kier molecular flexibility index (Phi) is 6.58. The highest BCUT2D eigenvalue weighted by Crippen LogP contribution is 2.08. The van der Waals surface area contributed by atoms with Crippen LogP contribution in [0, 0.1) is 11.7 Å². The lowest BCUT2D eigenvalue weighted by Crippen LogP contribution is -2.36. The summed E-state index contributed by atoms with van der Waals surface area (Å²) in [6.45, 7) is 6.71. The third-order valence-electron chi connectivity index (χ3n) is 2.45. The van der Waals surface area contributed by atoms with Gasteiger partial charge in [-0.25, -0.2) is 17.5 Å². The Bertz CT molecular complexity index is 517. The molecule has 20 heavy (non-hydrogen) atoms. The summed E-state index contributed by atoms with van der Waals surface area (Å²) < 4.78 is 44.8. The van der Waals surface area contributed by atoms with Crippen LogP contribution in [0.4, 0.5) is 4.39 Å². The second-order valence-electron chi connectivity index (χ2n) is 5.34. The van der Waals surface area contributed by atoms with Gasteiger partial charge in [-0.05, 0) is 30.5 Å². The summed E-state index contributed by atoms with van der Waals surface area (Å²) in [6.07, 6.45) is 0. The van der Waals surface area contributed by atoms with Gasteiger partial charge < -0.3 is 4.74 Å². The van der Waals surface area contributed by atoms with Gasteiger partial charge in [0.05, 0.1) is 12.4 Å². The maximum atomic E-state index is 13.0. The summed E-state index contributed by atoms with van der Waals surface area (Å²) in [4.78, 5) is 0. The molecule has 0 unspecified atom stereocenters. The van der Waals surface area contributed by atoms with Gasteiger partial charge in [0, 0.05) is 12.6 Å². The Morgan fingerprint density at radius 2 is 1.95 bits per heavy atom. The quantitative estimate of drug-likeness (QED) is 0.802. The molecule has 0 aliphatic heterocycles. The molecule has 0 amide bonds. The fourth-order valence-electron chi connectivity index (χ4n) is 1.71. The SMILES string of the molecule is CC(C)COC[C@@H](C)NS(=O)(=O)Cc1cccc(F)c1. The Labute approximate surface area is 120 Å². The molecule has 1 atom stereocenters. The zero-order valence-electron chi connectivity index (χ0n) is 12.1. The highest BCUT2D eigenvalue weighted by Gasteiger charge is 2.15. The first-order valence-electron chi connectivity index (χ1n) is 6.60. The van der Waals surface area contributed by atoms with Crippen molar-refractivity contribution in [3.8, 4) is 0 Å². The van der Waals surface area contributed by atoms with Gasteiger partial charge in [-0.3, -0.25) is 0 Å². The van der Waals surface area contributed by atoms with E-state index in [-0.39, 0.29) is 11.8 Å². The van der Waals surface area contributed by atoms with Gasteiger partial charge in [0.25, 0.3) is 0 Å². The van der Waals surface area contributed by atoms with Crippen molar-refractivity contribution in [1.82, 2.24) is 4.72 Å². The highest BCUT2D eigenvalue weighted by atomic mass is 32.2. The fraction of sp³-hybridized carbons (Fsp3) is 0.571. The molecule has 6 heteroatoms. The number of sulfonamides is 1. The van der Waals surface area contributed by atoms with Crippen LogP contribution in [0.15, 0.2) is 24.3 Å². The van der Waals surface area contributed by atoms with Gasteiger partial charge in [0.1, 0.15) is 5.82 Å². The molecule has 0 spiro atoms. The lowest BCUT2D eigenvalue weighted by Gasteiger charge is -2.15. The molecule has 0 heterocycles. The minimum atomic E-state index is -3.50. The van der Waals surface area contributed by atoms with E-state index in [4.69, 9.17) is 4.74 Å². The Balaban J connectivity index is 2.48. The molecule has 1 aromatic carbocycles. The third kappa shape index (κ3) is 6.98. The Morgan fingerprint density at radius 1 is 1.25 bits per heavy atom. The summed E-state index contributed by atoms with van der Waals surface area (Å²) in [5.74, 6) is -0.267. The summed E-state index contributed by atoms with van der Waals surface area (Å²) in [5.41, 5.74) is 0.424. The normalized spacial score (nSPS) is 13.7. The Morgan fingerprint density at radius 3 is 2.55 bits per heavy atom. The first kappa shape index (κ1) is 17.1. The number of benzene rings is 1. The molecule has 114 valence electrons. The maximum Gasteiger partial charge on any atom is 0.216 e. The summed E-state index contributed by atoms with van der Waals surface area (Å²) in [6, 6.07) is 5.27. The largest absolute Gasteiger partial charge is 0.380 e. The zero-order chi connectivity index (χ0) is 15.2. The second-order valence-corrected chi connectivity index (χ2v) is 7.09. The maximum absolute atomic E-state index is 13.0. The lowest BCUT2D eigenvalue weighted by atomic mass is 10.2. The van der Waals surface area contributed by atoms with Gasteiger partial charge in [0.15, 0.2) is 0 Å². The van der Waals surface area contributed by atoms with E-state index >= 15 is 0 Å². The van der Waals surface area contributed by atoms with Crippen LogP contribution < -0.4 is 4.72 Å². The molecular weight excluding hydrogens is 281 g/mol. The molecule has 0 radical (unpaired) electrons. The van der Waals surface area contributed by atoms with Crippen molar-refractivity contribution in [2.24, 2.45) is 5.92 Å². The first-order valence-corrected chi connectivity index (χ1v) is 8.26. The molecule has 0 saturated heterocycles. The van der Waals surface area contributed by atoms with Gasteiger partial charge in [-0.1, -0.05) is 26.0 Å². The van der Waals surface area contributed by atoms with Crippen molar-refractivity contribution in [2.45, 2.75) is 32.6 Å². The van der Waals surface area contributed by atoms with Crippen LogP contribution in [0.5, 0.6) is 0 Å². The average Bonchev–Trinajstić information content (AvgIpc) is 2.26. The van der Waals surface area contributed by atoms with Gasteiger partial charge >= 0.3 is 0 Å². The van der Waals surface area contributed by atoms with Gasteiger partial charge in [0.2, 0.25) is 10.0 Å². The van der Waals surface area contributed by atoms with Crippen LogP contribution in [0.3, 0.4) is 0 Å². The number of nitrogens with one attached hydrogen (secondary N) is 1. The predicted octanol–water partition coefficient (Wildman–Crippen LogP) is 2.31. The smallest absolute Gasteiger partial charge is 0.216 e. The lowest BCUT2D eigenvalue weighted by molar-refractivity contribution is 0.0984. The molecule has 1 N–H and O–H groups in total. The molecule has 0 aromatic heterocycles. The molecule has 0 aliphatic rings. The van der Waals surface area contributed by atoms with E-state index in [1.807, 2.05) is 13.8 Å². The van der Waals surface area contributed by atoms with Crippen LogP contribution in [-0.4, -0.2) is 27.7 Å². The van der Waals surface area contributed by atoms with E-state index in [1.54, 1.807) is 13.0 Å². The van der Waals surface area contributed by atoms with E-state index in [1.165, 1.54) is 18.2 Å². The monoisotopic (exact) mass is 303 g/mol. The van der Waals surface area contributed by atoms with E-state index < -0.39 is 15.8 Å². The van der Waals surface area contributed by atoms with Crippen molar-refractivity contribution in [3.05, 3.63) is 35.6 Å². The molecule has 1 aromatic rings. The minimum absolute atomic E-state index is 0.237. The van der Waals surface area contributed by atoms with Crippen LogP contribution in [0.25, 0.3) is 0 Å². The number of halogens is 1. The van der Waals surface area contributed by atoms with Crippen LogP contribution in [-0.2, 0) is 20.5 Å². The molecular formula is C14H22FNO3S. The summed E-state index contributed by atoms with van der Waals surface area (Å²) in [7, 11) is -3.50. The fourth-order valence-corrected chi connectivity index (χ4v) is 3.09. The van der Waals surface area contributed by atoms with Crippen LogP contribution in [0.2, 0.25) is 0 Å². The second kappa shape index (κ2) is 7.71. The van der Waals surface area contributed by atoms with Crippen molar-refractivity contribution in [1.29, 1.82) is 0 Å². The van der Waals surface area contributed by atoms with E-state index in [0.29, 0.717) is 24.7 Å². The third-order valence-corrected chi connectivity index (χ3v) is 3.92. The highest BCUT2D eigenvalue weighted by molar-refractivity contribution is 7.88. The molecule has 0 aliphatic carbocycles. The van der Waals surface area contributed by atoms with Crippen molar-refractivity contribution >= 4 is 10.0 Å². The van der Waals surface area contributed by atoms with Gasteiger partial charge in [-0.2, -0.15) is 0 Å². The van der Waals surface area contributed by atoms with Crippen molar-refractivity contribution in [2.75, 3.05) is 13.2 Å². The number of hydrogen-bond donors (Lipinski definition) is 1. The Hall–Kier alpha value is -0.980. The molecule has 0 bridgehead atoms. The van der Waals surface area contributed by atoms with Crippen molar-refractivity contribution < 1.29 is 17.5 Å². The molecule has 0 saturated carbocycles. The summed E-state index contributed by atoms with van der Waals surface area (Å²) >= 11 is 0. The number of rotatable bonds is 8. The number of ether oxygens (including phenoxy) is 1.